The van der Waals surface area contributed by atoms with E-state index in [0.29, 0.717) is 17.7 Å². The maximum absolute atomic E-state index is 12.9. The van der Waals surface area contributed by atoms with Crippen molar-refractivity contribution in [1.29, 1.82) is 0 Å². The summed E-state index contributed by atoms with van der Waals surface area (Å²) in [5.41, 5.74) is 4.59. The van der Waals surface area contributed by atoms with Crippen molar-refractivity contribution in [3.8, 4) is 0 Å². The van der Waals surface area contributed by atoms with E-state index in [1.165, 1.54) is 6.92 Å². The first-order valence-corrected chi connectivity index (χ1v) is 23.8. The molecule has 4 rings (SSSR count). The van der Waals surface area contributed by atoms with Gasteiger partial charge in [-0.2, -0.15) is 4.58 Å². The first-order valence-electron chi connectivity index (χ1n) is 21.0. The fraction of sp³-hybridized carbons (Fsp3) is 0.511. The van der Waals surface area contributed by atoms with Crippen LogP contribution in [0.25, 0.3) is 0 Å². The molecule has 61 heavy (non-hydrogen) atoms. The molecule has 0 saturated heterocycles. The first kappa shape index (κ1) is 50.0. The van der Waals surface area contributed by atoms with Gasteiger partial charge >= 0.3 is 146 Å². The van der Waals surface area contributed by atoms with Crippen LogP contribution in [0.15, 0.2) is 82.3 Å². The molecule has 2 amide bonds. The molecule has 0 saturated carbocycles. The minimum absolute atomic E-state index is 0.0365. The third-order valence-electron chi connectivity index (χ3n) is 12.8. The Bertz CT molecular complexity index is 2150. The van der Waals surface area contributed by atoms with Crippen molar-refractivity contribution in [3.05, 3.63) is 83.6 Å². The van der Waals surface area contributed by atoms with Crippen molar-refractivity contribution < 1.29 is 37.1 Å². The van der Waals surface area contributed by atoms with E-state index in [1.807, 2.05) is 87.0 Å². The molecule has 14 heteroatoms. The largest absolute Gasteiger partial charge is 0.325 e. The molecule has 2 aromatic rings. The molecule has 330 valence electrons. The number of likely N-dealkylation sites (N-methyl/N-ethyl adjacent to an activating group) is 1. The number of nitrogens with one attached hydrogen (secondary N) is 2. The number of hydrogen-bond donors (Lipinski definition) is 4. The SMILES string of the molecule is CCN1\C(=C/C=C/C=C/C2=[N+](CCCCCC(=O)NCCC(=O)NC(C(C)=O)C(C)(C)C(C)(C)CC(=O)[As])c3ccc(SO)cc3C2(C)C)C(C)(C)c2cc(S(=O)O)ccc21. The van der Waals surface area contributed by atoms with Crippen molar-refractivity contribution in [3.63, 3.8) is 0 Å². The zero-order valence-electron chi connectivity index (χ0n) is 37.4. The van der Waals surface area contributed by atoms with Gasteiger partial charge in [0.1, 0.15) is 6.54 Å². The maximum Gasteiger partial charge on any atom is 0.209 e. The second-order valence-corrected chi connectivity index (χ2v) is 20.9. The third-order valence-corrected chi connectivity index (χ3v) is 14.3. The van der Waals surface area contributed by atoms with E-state index < -0.39 is 28.0 Å². The van der Waals surface area contributed by atoms with Crippen LogP contribution in [0, 0.1) is 10.8 Å². The van der Waals surface area contributed by atoms with E-state index in [2.05, 4.69) is 72.9 Å². The molecule has 0 aliphatic carbocycles. The maximum atomic E-state index is 12.9. The molecule has 0 aromatic heterocycles. The van der Waals surface area contributed by atoms with E-state index in [4.69, 9.17) is 0 Å². The number of unbranched alkanes of at least 4 members (excludes halogenated alkanes) is 2. The molecule has 2 unspecified atom stereocenters. The summed E-state index contributed by atoms with van der Waals surface area (Å²) >= 11 is 0.700. The molecule has 2 radical (unpaired) electrons. The van der Waals surface area contributed by atoms with Gasteiger partial charge in [0.25, 0.3) is 0 Å². The topological polar surface area (TPSA) is 156 Å². The Kier molecular flexibility index (Phi) is 17.0. The smallest absolute Gasteiger partial charge is 0.209 e. The number of anilines is 1. The van der Waals surface area contributed by atoms with Crippen LogP contribution in [-0.4, -0.2) is 88.3 Å². The average Bonchev–Trinajstić information content (AvgIpc) is 3.52. The molecule has 4 N–H and O–H groups in total. The molecule has 2 aromatic carbocycles. The van der Waals surface area contributed by atoms with Gasteiger partial charge in [-0.3, -0.25) is 0 Å². The first-order chi connectivity index (χ1) is 28.5. The Morgan fingerprint density at radius 1 is 0.934 bits per heavy atom. The number of amides is 2. The van der Waals surface area contributed by atoms with Gasteiger partial charge in [0.05, 0.1) is 10.3 Å². The minimum Gasteiger partial charge on any atom is -0.325 e. The van der Waals surface area contributed by atoms with Crippen LogP contribution in [0.2, 0.25) is 0 Å². The Labute approximate surface area is 378 Å². The van der Waals surface area contributed by atoms with Crippen LogP contribution in [0.1, 0.15) is 119 Å². The van der Waals surface area contributed by atoms with Crippen molar-refractivity contribution in [1.82, 2.24) is 10.6 Å². The average molecular weight is 936 g/mol. The van der Waals surface area contributed by atoms with Gasteiger partial charge in [-0.1, -0.05) is 32.1 Å². The van der Waals surface area contributed by atoms with Crippen LogP contribution in [0.5, 0.6) is 0 Å². The van der Waals surface area contributed by atoms with Gasteiger partial charge in [-0.25, -0.2) is 4.21 Å². The molecule has 2 aliphatic heterocycles. The number of hydrogen-bond acceptors (Lipinski definition) is 8. The van der Waals surface area contributed by atoms with Gasteiger partial charge < -0.3 is 14.0 Å². The van der Waals surface area contributed by atoms with E-state index in [0.717, 1.165) is 76.8 Å². The summed E-state index contributed by atoms with van der Waals surface area (Å²) < 4.78 is 33.7. The third kappa shape index (κ3) is 11.5. The summed E-state index contributed by atoms with van der Waals surface area (Å²) in [4.78, 5) is 53.6. The van der Waals surface area contributed by atoms with Crippen LogP contribution in [0.4, 0.5) is 11.4 Å². The molecule has 0 bridgehead atoms. The summed E-state index contributed by atoms with van der Waals surface area (Å²) in [6.45, 7) is 21.5. The quantitative estimate of drug-likeness (QED) is 0.0242. The summed E-state index contributed by atoms with van der Waals surface area (Å²) in [7, 11) is 0. The Hall–Kier alpha value is -3.61. The number of nitrogens with zero attached hydrogens (tertiary/aromatic N) is 2. The number of carbonyl (C=O) groups is 4. The number of fused-ring (bicyclic) bond motifs is 2. The van der Waals surface area contributed by atoms with Crippen LogP contribution >= 0.6 is 12.0 Å². The van der Waals surface area contributed by atoms with E-state index in [1.54, 1.807) is 6.07 Å². The van der Waals surface area contributed by atoms with Crippen LogP contribution in [-0.2, 0) is 41.1 Å². The van der Waals surface area contributed by atoms with Crippen LogP contribution < -0.4 is 15.5 Å². The van der Waals surface area contributed by atoms with Gasteiger partial charge in [0, 0.05) is 64.4 Å². The Morgan fingerprint density at radius 2 is 1.64 bits per heavy atom. The van der Waals surface area contributed by atoms with Crippen molar-refractivity contribution in [2.75, 3.05) is 24.5 Å². The molecule has 2 aliphatic rings. The van der Waals surface area contributed by atoms with Crippen molar-refractivity contribution >= 4 is 79.2 Å². The predicted molar refractivity (Wildman–Crippen MR) is 247 cm³/mol. The van der Waals surface area contributed by atoms with Crippen molar-refractivity contribution in [2.45, 2.75) is 134 Å². The van der Waals surface area contributed by atoms with E-state index in [9.17, 15) is 32.5 Å². The molecule has 2 atom stereocenters. The zero-order chi connectivity index (χ0) is 45.5. The minimum atomic E-state index is -2.05. The number of allylic oxidation sites excluding steroid dienone is 6. The number of rotatable bonds is 21. The van der Waals surface area contributed by atoms with Crippen molar-refractivity contribution in [2.24, 2.45) is 10.8 Å². The Morgan fingerprint density at radius 3 is 2.26 bits per heavy atom. The molecular weight excluding hydrogens is 872 g/mol. The standard InChI is InChI=1S/C47H63AsN4O7S2/c1-11-51-36-24-22-33(61(58)59)29-35(36)46(7,8)38(51)18-14-12-15-19-39-45(5,6)34-28-32(60-57)21-23-37(34)52(39)27-17-13-16-20-41(55)49-26-25-42(56)50-43(31(2)53)47(9,10)44(3,4)30-40(48)54/h12,14-15,18-19,21-24,28-29,43H,11,13,16-17,20,25-27,30H2,1-10H3,(H3-,49,50,55,56,57,58,59)/p+1. The normalized spacial score (nSPS) is 17.5. The number of ketones is 1. The van der Waals surface area contributed by atoms with Gasteiger partial charge in [-0.05, 0) is 75.6 Å². The summed E-state index contributed by atoms with van der Waals surface area (Å²) in [6, 6.07) is 10.7. The fourth-order valence-electron chi connectivity index (χ4n) is 8.57. The number of carbonyl (C=O) groups excluding carboxylic acids is 4. The predicted octanol–water partition coefficient (Wildman–Crippen LogP) is 8.30. The monoisotopic (exact) mass is 935 g/mol. The van der Waals surface area contributed by atoms with Crippen LogP contribution in [0.3, 0.4) is 0 Å². The molecular formula is C47H64AsN4O7S2+. The van der Waals surface area contributed by atoms with E-state index in [-0.39, 0.29) is 52.4 Å². The molecule has 11 nitrogen and oxygen atoms in total. The van der Waals surface area contributed by atoms with Gasteiger partial charge in [0.2, 0.25) is 5.69 Å². The molecule has 0 spiro atoms. The van der Waals surface area contributed by atoms with Gasteiger partial charge in [0.15, 0.2) is 16.8 Å². The summed E-state index contributed by atoms with van der Waals surface area (Å²) in [5.74, 6) is -0.649. The number of Topliss-reactive ketones (excluding diaryl/α,β-unsaturated/α-hetero) is 1. The van der Waals surface area contributed by atoms with E-state index >= 15 is 0 Å². The fourth-order valence-corrected chi connectivity index (χ4v) is 10.1. The summed E-state index contributed by atoms with van der Waals surface area (Å²) in [5, 5.41) is 5.71. The van der Waals surface area contributed by atoms with Gasteiger partial charge in [-0.15, -0.1) is 0 Å². The molecule has 2 heterocycles. The Balaban J connectivity index is 1.37. The summed E-state index contributed by atoms with van der Waals surface area (Å²) in [6.07, 6.45) is 13.3. The zero-order valence-corrected chi connectivity index (χ0v) is 40.9. The number of benzene rings is 2. The molecule has 0 fully saturated rings. The second kappa shape index (κ2) is 20.7. The second-order valence-electron chi connectivity index (χ2n) is 18.2.